The number of ketones is 1. The Kier molecular flexibility index (Phi) is 8.08. The fourth-order valence-electron chi connectivity index (χ4n) is 5.17. The molecule has 1 N–H and O–H groups in total. The molecule has 1 unspecified atom stereocenters. The van der Waals surface area contributed by atoms with E-state index in [-0.39, 0.29) is 11.3 Å². The summed E-state index contributed by atoms with van der Waals surface area (Å²) >= 11 is 1.31. The number of methoxy groups -OCH3 is 3. The molecule has 1 aliphatic rings. The van der Waals surface area contributed by atoms with Crippen molar-refractivity contribution in [1.29, 1.82) is 0 Å². The fraction of sp³-hybridized carbons (Fsp3) is 0.281. The van der Waals surface area contributed by atoms with Crippen LogP contribution in [-0.4, -0.2) is 49.7 Å². The first-order valence-corrected chi connectivity index (χ1v) is 14.3. The third-order valence-corrected chi connectivity index (χ3v) is 8.05. The number of aromatic nitrogens is 1. The van der Waals surface area contributed by atoms with E-state index in [0.717, 1.165) is 27.8 Å². The van der Waals surface area contributed by atoms with Crippen molar-refractivity contribution in [2.75, 3.05) is 32.8 Å². The molecular formula is C32H32N2O7S. The van der Waals surface area contributed by atoms with Gasteiger partial charge in [0.25, 0.3) is 5.78 Å². The van der Waals surface area contributed by atoms with Crippen LogP contribution in [0.15, 0.2) is 54.1 Å². The zero-order chi connectivity index (χ0) is 30.1. The number of Topliss-reactive ketones (excluding diaryl/α,β-unsaturated/α-hetero) is 1. The van der Waals surface area contributed by atoms with E-state index in [4.69, 9.17) is 23.9 Å². The van der Waals surface area contributed by atoms with Gasteiger partial charge >= 0.3 is 5.91 Å². The molecule has 4 aromatic rings. The van der Waals surface area contributed by atoms with Gasteiger partial charge in [-0.3, -0.25) is 14.5 Å². The number of anilines is 1. The zero-order valence-corrected chi connectivity index (χ0v) is 25.1. The van der Waals surface area contributed by atoms with Gasteiger partial charge in [0.05, 0.1) is 49.8 Å². The smallest absolute Gasteiger partial charge is 0.301 e. The number of amides is 1. The molecule has 1 aliphatic heterocycles. The largest absolute Gasteiger partial charge is 0.507 e. The maximum absolute atomic E-state index is 13.8. The van der Waals surface area contributed by atoms with E-state index in [1.165, 1.54) is 37.6 Å². The minimum Gasteiger partial charge on any atom is -0.507 e. The van der Waals surface area contributed by atoms with E-state index in [0.29, 0.717) is 45.9 Å². The molecule has 42 heavy (non-hydrogen) atoms. The maximum Gasteiger partial charge on any atom is 0.301 e. The minimum atomic E-state index is -1.04. The van der Waals surface area contributed by atoms with E-state index in [1.54, 1.807) is 36.4 Å². The molecule has 0 bridgehead atoms. The first-order chi connectivity index (χ1) is 20.2. The molecule has 1 aromatic heterocycles. The van der Waals surface area contributed by atoms with Crippen LogP contribution in [0, 0.1) is 13.8 Å². The highest BCUT2D eigenvalue weighted by molar-refractivity contribution is 7.22. The van der Waals surface area contributed by atoms with Crippen molar-refractivity contribution < 1.29 is 33.6 Å². The summed E-state index contributed by atoms with van der Waals surface area (Å²) < 4.78 is 23.3. The molecule has 10 heteroatoms. The van der Waals surface area contributed by atoms with Crippen LogP contribution in [0.25, 0.3) is 16.0 Å². The van der Waals surface area contributed by atoms with Gasteiger partial charge in [-0.15, -0.1) is 0 Å². The lowest BCUT2D eigenvalue weighted by molar-refractivity contribution is -0.132. The third-order valence-electron chi connectivity index (χ3n) is 7.05. The summed E-state index contributed by atoms with van der Waals surface area (Å²) in [5, 5.41) is 12.0. The molecule has 0 spiro atoms. The number of aliphatic hydroxyl groups excluding tert-OH is 1. The first-order valence-electron chi connectivity index (χ1n) is 13.4. The summed E-state index contributed by atoms with van der Waals surface area (Å²) in [6.45, 7) is 6.44. The molecule has 2 heterocycles. The van der Waals surface area contributed by atoms with Crippen molar-refractivity contribution >= 4 is 44.1 Å². The van der Waals surface area contributed by atoms with E-state index < -0.39 is 17.7 Å². The number of nitrogens with zero attached hydrogens (tertiary/aromatic N) is 2. The Morgan fingerprint density at radius 3 is 2.36 bits per heavy atom. The molecule has 218 valence electrons. The molecule has 5 rings (SSSR count). The number of fused-ring (bicyclic) bond motifs is 1. The van der Waals surface area contributed by atoms with Crippen molar-refractivity contribution in [3.05, 3.63) is 76.4 Å². The number of hydrogen-bond donors (Lipinski definition) is 1. The van der Waals surface area contributed by atoms with Crippen LogP contribution in [0.1, 0.15) is 41.6 Å². The molecule has 0 aliphatic carbocycles. The molecule has 9 nitrogen and oxygen atoms in total. The van der Waals surface area contributed by atoms with Crippen molar-refractivity contribution in [3.63, 3.8) is 0 Å². The van der Waals surface area contributed by atoms with Gasteiger partial charge in [-0.1, -0.05) is 36.5 Å². The Morgan fingerprint density at radius 2 is 1.71 bits per heavy atom. The van der Waals surface area contributed by atoms with Crippen LogP contribution >= 0.6 is 11.3 Å². The molecule has 3 aromatic carbocycles. The van der Waals surface area contributed by atoms with Gasteiger partial charge in [-0.05, 0) is 67.3 Å². The third kappa shape index (κ3) is 5.02. The molecule has 1 saturated heterocycles. The monoisotopic (exact) mass is 588 g/mol. The van der Waals surface area contributed by atoms with E-state index in [1.807, 2.05) is 32.9 Å². The number of rotatable bonds is 9. The van der Waals surface area contributed by atoms with Gasteiger partial charge in [0.2, 0.25) is 5.75 Å². The molecular weight excluding hydrogens is 556 g/mol. The number of benzene rings is 3. The molecule has 0 radical (unpaired) electrons. The Balaban J connectivity index is 1.77. The highest BCUT2D eigenvalue weighted by Crippen LogP contribution is 2.48. The topological polar surface area (TPSA) is 107 Å². The van der Waals surface area contributed by atoms with Gasteiger partial charge in [-0.25, -0.2) is 4.98 Å². The highest BCUT2D eigenvalue weighted by Gasteiger charge is 2.48. The SMILES string of the molecule is CCCOc1cccc(/C(O)=C2\C(=O)C(=O)N(c3nc4c(C)cc(C)cc4s3)C2c2cc(OC)c(OC)c(OC)c2)c1. The first kappa shape index (κ1) is 28.9. The fourth-order valence-corrected chi connectivity index (χ4v) is 6.34. The standard InChI is InChI=1S/C32H32N2O7S/c1-7-11-41-21-10-8-9-19(14-21)28(35)25-27(20-15-22(38-4)30(40-6)23(16-20)39-5)34(31(37)29(25)36)32-33-26-18(3)12-17(2)13-24(26)42-32/h8-10,12-16,27,35H,7,11H2,1-6H3/b28-25+. The number of ether oxygens (including phenoxy) is 4. The molecule has 1 amide bonds. The highest BCUT2D eigenvalue weighted by atomic mass is 32.1. The van der Waals surface area contributed by atoms with Crippen LogP contribution < -0.4 is 23.8 Å². The van der Waals surface area contributed by atoms with Crippen LogP contribution in [-0.2, 0) is 9.59 Å². The Morgan fingerprint density at radius 1 is 1.00 bits per heavy atom. The zero-order valence-electron chi connectivity index (χ0n) is 24.3. The van der Waals surface area contributed by atoms with Gasteiger partial charge < -0.3 is 24.1 Å². The summed E-state index contributed by atoms with van der Waals surface area (Å²) in [4.78, 5) is 33.7. The van der Waals surface area contributed by atoms with Crippen LogP contribution in [0.4, 0.5) is 5.13 Å². The predicted molar refractivity (Wildman–Crippen MR) is 162 cm³/mol. The second-order valence-corrected chi connectivity index (χ2v) is 10.9. The number of aliphatic hydroxyl groups is 1. The number of hydrogen-bond acceptors (Lipinski definition) is 9. The average Bonchev–Trinajstić information content (AvgIpc) is 3.53. The maximum atomic E-state index is 13.8. The average molecular weight is 589 g/mol. The van der Waals surface area contributed by atoms with E-state index in [2.05, 4.69) is 0 Å². The minimum absolute atomic E-state index is 0.0888. The summed E-state index contributed by atoms with van der Waals surface area (Å²) in [6.07, 6.45) is 0.809. The number of thiazole rings is 1. The van der Waals surface area contributed by atoms with Crippen LogP contribution in [0.5, 0.6) is 23.0 Å². The molecule has 1 fully saturated rings. The Labute approximate surface area is 247 Å². The lowest BCUT2D eigenvalue weighted by Crippen LogP contribution is -2.29. The summed E-state index contributed by atoms with van der Waals surface area (Å²) in [6, 6.07) is 13.1. The summed E-state index contributed by atoms with van der Waals surface area (Å²) in [7, 11) is 4.46. The van der Waals surface area contributed by atoms with Crippen molar-refractivity contribution in [2.24, 2.45) is 0 Å². The van der Waals surface area contributed by atoms with E-state index >= 15 is 0 Å². The Hall–Kier alpha value is -4.57. The summed E-state index contributed by atoms with van der Waals surface area (Å²) in [5.41, 5.74) is 3.48. The second-order valence-electron chi connectivity index (χ2n) is 9.93. The summed E-state index contributed by atoms with van der Waals surface area (Å²) in [5.74, 6) is -0.402. The number of carbonyl (C=O) groups excluding carboxylic acids is 2. The number of aryl methyl sites for hydroxylation is 2. The van der Waals surface area contributed by atoms with Gasteiger partial charge in [0, 0.05) is 5.56 Å². The van der Waals surface area contributed by atoms with Crippen molar-refractivity contribution in [3.8, 4) is 23.0 Å². The van der Waals surface area contributed by atoms with E-state index in [9.17, 15) is 14.7 Å². The van der Waals surface area contributed by atoms with Gasteiger partial charge in [0.1, 0.15) is 11.5 Å². The Bertz CT molecular complexity index is 1700. The lowest BCUT2D eigenvalue weighted by Gasteiger charge is -2.24. The quantitative estimate of drug-likeness (QED) is 0.137. The number of carbonyl (C=O) groups is 2. The predicted octanol–water partition coefficient (Wildman–Crippen LogP) is 6.35. The van der Waals surface area contributed by atoms with Gasteiger partial charge in [0.15, 0.2) is 16.6 Å². The second kappa shape index (κ2) is 11.7. The van der Waals surface area contributed by atoms with Crippen molar-refractivity contribution in [2.45, 2.75) is 33.2 Å². The molecule has 1 atom stereocenters. The lowest BCUT2D eigenvalue weighted by atomic mass is 9.94. The normalized spacial score (nSPS) is 16.2. The van der Waals surface area contributed by atoms with Gasteiger partial charge in [-0.2, -0.15) is 0 Å². The molecule has 0 saturated carbocycles. The van der Waals surface area contributed by atoms with Crippen molar-refractivity contribution in [1.82, 2.24) is 4.98 Å². The van der Waals surface area contributed by atoms with Crippen LogP contribution in [0.3, 0.4) is 0 Å². The van der Waals surface area contributed by atoms with Crippen LogP contribution in [0.2, 0.25) is 0 Å².